The number of para-hydroxylation sites is 2. The standard InChI is InChI=1S/C15H22N2O/c1-3-11-17-14-9-5-4-8-13(14)16-15(17)10-6-7-12(2)18/h4-5,8-9,12,18H,3,6-7,10-11H2,1-2H3. The Hall–Kier alpha value is -1.35. The van der Waals surface area contributed by atoms with E-state index in [0.717, 1.165) is 43.6 Å². The highest BCUT2D eigenvalue weighted by Crippen LogP contribution is 2.18. The van der Waals surface area contributed by atoms with Crippen LogP contribution >= 0.6 is 0 Å². The average molecular weight is 246 g/mol. The van der Waals surface area contributed by atoms with Crippen molar-refractivity contribution in [2.75, 3.05) is 0 Å². The minimum atomic E-state index is -0.214. The molecule has 0 spiro atoms. The van der Waals surface area contributed by atoms with E-state index < -0.39 is 0 Å². The zero-order chi connectivity index (χ0) is 13.0. The molecule has 0 aliphatic rings. The van der Waals surface area contributed by atoms with Gasteiger partial charge in [-0.3, -0.25) is 0 Å². The van der Waals surface area contributed by atoms with Crippen LogP contribution in [-0.2, 0) is 13.0 Å². The average Bonchev–Trinajstić information content (AvgIpc) is 2.68. The number of imidazole rings is 1. The summed E-state index contributed by atoms with van der Waals surface area (Å²) in [6, 6.07) is 8.30. The molecule has 98 valence electrons. The molecule has 0 bridgehead atoms. The molecular weight excluding hydrogens is 224 g/mol. The highest BCUT2D eigenvalue weighted by molar-refractivity contribution is 5.75. The lowest BCUT2D eigenvalue weighted by atomic mass is 10.1. The summed E-state index contributed by atoms with van der Waals surface area (Å²) in [6.07, 6.45) is 3.68. The monoisotopic (exact) mass is 246 g/mol. The zero-order valence-electron chi connectivity index (χ0n) is 11.3. The quantitative estimate of drug-likeness (QED) is 0.850. The van der Waals surface area contributed by atoms with E-state index in [0.29, 0.717) is 0 Å². The SMILES string of the molecule is CCCn1c(CCCC(C)O)nc2ccccc21. The first-order chi connectivity index (χ1) is 8.72. The summed E-state index contributed by atoms with van der Waals surface area (Å²) in [4.78, 5) is 4.71. The third-order valence-electron chi connectivity index (χ3n) is 3.20. The number of aromatic nitrogens is 2. The van der Waals surface area contributed by atoms with Crippen molar-refractivity contribution in [1.82, 2.24) is 9.55 Å². The molecule has 1 aromatic carbocycles. The Balaban J connectivity index is 2.22. The van der Waals surface area contributed by atoms with Crippen LogP contribution in [0.25, 0.3) is 11.0 Å². The Morgan fingerprint density at radius 2 is 2.11 bits per heavy atom. The number of nitrogens with zero attached hydrogens (tertiary/aromatic N) is 2. The molecule has 1 aromatic heterocycles. The predicted octanol–water partition coefficient (Wildman–Crippen LogP) is 3.15. The molecule has 0 saturated carbocycles. The maximum absolute atomic E-state index is 9.32. The molecule has 2 rings (SSSR count). The first-order valence-corrected chi connectivity index (χ1v) is 6.84. The van der Waals surface area contributed by atoms with Crippen molar-refractivity contribution in [1.29, 1.82) is 0 Å². The minimum Gasteiger partial charge on any atom is -0.393 e. The van der Waals surface area contributed by atoms with E-state index in [1.165, 1.54) is 5.52 Å². The lowest BCUT2D eigenvalue weighted by molar-refractivity contribution is 0.181. The fraction of sp³-hybridized carbons (Fsp3) is 0.533. The molecule has 0 saturated heterocycles. The van der Waals surface area contributed by atoms with Crippen molar-refractivity contribution < 1.29 is 5.11 Å². The summed E-state index contributed by atoms with van der Waals surface area (Å²) < 4.78 is 2.32. The molecule has 1 unspecified atom stereocenters. The first kappa shape index (κ1) is 13.1. The van der Waals surface area contributed by atoms with Crippen LogP contribution in [-0.4, -0.2) is 20.8 Å². The van der Waals surface area contributed by atoms with E-state index in [2.05, 4.69) is 29.7 Å². The summed E-state index contributed by atoms with van der Waals surface area (Å²) in [5.74, 6) is 1.15. The minimum absolute atomic E-state index is 0.214. The molecule has 2 aromatic rings. The number of benzene rings is 1. The number of rotatable bonds is 6. The van der Waals surface area contributed by atoms with E-state index in [9.17, 15) is 5.11 Å². The largest absolute Gasteiger partial charge is 0.393 e. The second-order valence-corrected chi connectivity index (χ2v) is 4.91. The topological polar surface area (TPSA) is 38.0 Å². The molecule has 0 amide bonds. The van der Waals surface area contributed by atoms with Crippen LogP contribution in [0, 0.1) is 0 Å². The summed E-state index contributed by atoms with van der Waals surface area (Å²) in [6.45, 7) is 5.05. The Kier molecular flexibility index (Phi) is 4.37. The highest BCUT2D eigenvalue weighted by Gasteiger charge is 2.09. The number of hydrogen-bond acceptors (Lipinski definition) is 2. The van der Waals surface area contributed by atoms with Crippen LogP contribution in [0.5, 0.6) is 0 Å². The third-order valence-corrected chi connectivity index (χ3v) is 3.20. The first-order valence-electron chi connectivity index (χ1n) is 6.84. The van der Waals surface area contributed by atoms with E-state index in [-0.39, 0.29) is 6.10 Å². The van der Waals surface area contributed by atoms with Gasteiger partial charge in [-0.2, -0.15) is 0 Å². The van der Waals surface area contributed by atoms with Crippen LogP contribution in [0.15, 0.2) is 24.3 Å². The highest BCUT2D eigenvalue weighted by atomic mass is 16.3. The van der Waals surface area contributed by atoms with Crippen molar-refractivity contribution in [2.24, 2.45) is 0 Å². The lowest BCUT2D eigenvalue weighted by Gasteiger charge is -2.08. The van der Waals surface area contributed by atoms with Gasteiger partial charge in [-0.15, -0.1) is 0 Å². The molecule has 1 heterocycles. The van der Waals surface area contributed by atoms with Crippen molar-refractivity contribution in [3.63, 3.8) is 0 Å². The number of fused-ring (bicyclic) bond motifs is 1. The molecule has 3 nitrogen and oxygen atoms in total. The number of aliphatic hydroxyl groups is 1. The second kappa shape index (κ2) is 6.01. The van der Waals surface area contributed by atoms with E-state index in [1.807, 2.05) is 13.0 Å². The van der Waals surface area contributed by atoms with Crippen LogP contribution in [0.2, 0.25) is 0 Å². The van der Waals surface area contributed by atoms with Crippen LogP contribution < -0.4 is 0 Å². The Labute approximate surface area is 108 Å². The number of hydrogen-bond donors (Lipinski definition) is 1. The van der Waals surface area contributed by atoms with Crippen LogP contribution in [0.1, 0.15) is 38.9 Å². The van der Waals surface area contributed by atoms with Crippen molar-refractivity contribution in [3.8, 4) is 0 Å². The van der Waals surface area contributed by atoms with Crippen molar-refractivity contribution in [2.45, 2.75) is 52.2 Å². The molecular formula is C15H22N2O. The van der Waals surface area contributed by atoms with E-state index in [1.54, 1.807) is 0 Å². The third kappa shape index (κ3) is 2.91. The molecule has 0 aliphatic heterocycles. The maximum atomic E-state index is 9.32. The molecule has 0 fully saturated rings. The Bertz CT molecular complexity index is 502. The summed E-state index contributed by atoms with van der Waals surface area (Å²) >= 11 is 0. The van der Waals surface area contributed by atoms with Gasteiger partial charge in [-0.25, -0.2) is 4.98 Å². The fourth-order valence-corrected chi connectivity index (χ4v) is 2.34. The second-order valence-electron chi connectivity index (χ2n) is 4.91. The van der Waals surface area contributed by atoms with Crippen LogP contribution in [0.4, 0.5) is 0 Å². The van der Waals surface area contributed by atoms with Gasteiger partial charge in [-0.05, 0) is 38.3 Å². The van der Waals surface area contributed by atoms with Gasteiger partial charge in [0, 0.05) is 13.0 Å². The van der Waals surface area contributed by atoms with Gasteiger partial charge >= 0.3 is 0 Å². The molecule has 18 heavy (non-hydrogen) atoms. The predicted molar refractivity (Wildman–Crippen MR) is 74.6 cm³/mol. The van der Waals surface area contributed by atoms with Gasteiger partial charge < -0.3 is 9.67 Å². The normalized spacial score (nSPS) is 13.1. The fourth-order valence-electron chi connectivity index (χ4n) is 2.34. The molecule has 1 N–H and O–H groups in total. The Morgan fingerprint density at radius 3 is 2.83 bits per heavy atom. The number of aliphatic hydroxyl groups excluding tert-OH is 1. The van der Waals surface area contributed by atoms with Gasteiger partial charge in [0.1, 0.15) is 5.82 Å². The summed E-state index contributed by atoms with van der Waals surface area (Å²) in [7, 11) is 0. The van der Waals surface area contributed by atoms with E-state index in [4.69, 9.17) is 4.98 Å². The molecule has 0 aliphatic carbocycles. The van der Waals surface area contributed by atoms with Crippen LogP contribution in [0.3, 0.4) is 0 Å². The van der Waals surface area contributed by atoms with Crippen molar-refractivity contribution >= 4 is 11.0 Å². The van der Waals surface area contributed by atoms with Gasteiger partial charge in [0.15, 0.2) is 0 Å². The molecule has 3 heteroatoms. The van der Waals surface area contributed by atoms with E-state index >= 15 is 0 Å². The smallest absolute Gasteiger partial charge is 0.109 e. The lowest BCUT2D eigenvalue weighted by Crippen LogP contribution is -2.06. The zero-order valence-corrected chi connectivity index (χ0v) is 11.3. The summed E-state index contributed by atoms with van der Waals surface area (Å²) in [5, 5.41) is 9.32. The van der Waals surface area contributed by atoms with Gasteiger partial charge in [0.25, 0.3) is 0 Å². The maximum Gasteiger partial charge on any atom is 0.109 e. The van der Waals surface area contributed by atoms with Gasteiger partial charge in [-0.1, -0.05) is 19.1 Å². The van der Waals surface area contributed by atoms with Gasteiger partial charge in [0.2, 0.25) is 0 Å². The Morgan fingerprint density at radius 1 is 1.33 bits per heavy atom. The number of aryl methyl sites for hydroxylation is 2. The van der Waals surface area contributed by atoms with Gasteiger partial charge in [0.05, 0.1) is 17.1 Å². The molecule has 1 atom stereocenters. The summed E-state index contributed by atoms with van der Waals surface area (Å²) in [5.41, 5.74) is 2.31. The van der Waals surface area contributed by atoms with Crippen molar-refractivity contribution in [3.05, 3.63) is 30.1 Å². The molecule has 0 radical (unpaired) electrons.